The molecule has 1 amide bonds. The summed E-state index contributed by atoms with van der Waals surface area (Å²) in [6, 6.07) is 7.77. The van der Waals surface area contributed by atoms with Crippen molar-refractivity contribution in [1.29, 1.82) is 0 Å². The highest BCUT2D eigenvalue weighted by molar-refractivity contribution is 9.10. The molecule has 19 heavy (non-hydrogen) atoms. The van der Waals surface area contributed by atoms with Crippen LogP contribution in [-0.2, 0) is 0 Å². The van der Waals surface area contributed by atoms with Crippen LogP contribution >= 0.6 is 15.9 Å². The number of carbonyl (C=O) groups excluding carboxylic acids is 1. The Kier molecular flexibility index (Phi) is 3.71. The first kappa shape index (κ1) is 13.4. The monoisotopic (exact) mass is 325 g/mol. The molecule has 0 fully saturated rings. The van der Waals surface area contributed by atoms with Crippen LogP contribution in [0, 0.1) is 5.82 Å². The maximum Gasteiger partial charge on any atom is 0.255 e. The van der Waals surface area contributed by atoms with E-state index in [1.165, 1.54) is 30.3 Å². The number of halogens is 2. The van der Waals surface area contributed by atoms with Crippen LogP contribution in [-0.4, -0.2) is 16.1 Å². The van der Waals surface area contributed by atoms with Gasteiger partial charge >= 0.3 is 0 Å². The third kappa shape index (κ3) is 3.03. The number of anilines is 1. The van der Waals surface area contributed by atoms with Gasteiger partial charge in [0.25, 0.3) is 5.91 Å². The summed E-state index contributed by atoms with van der Waals surface area (Å²) < 4.78 is 13.3. The molecule has 0 spiro atoms. The summed E-state index contributed by atoms with van der Waals surface area (Å²) in [5, 5.41) is 21.0. The molecule has 0 saturated heterocycles. The van der Waals surface area contributed by atoms with E-state index in [1.807, 2.05) is 0 Å². The normalized spacial score (nSPS) is 10.2. The molecular weight excluding hydrogens is 317 g/mol. The van der Waals surface area contributed by atoms with Gasteiger partial charge in [0.15, 0.2) is 11.5 Å². The van der Waals surface area contributed by atoms with Crippen molar-refractivity contribution in [2.24, 2.45) is 0 Å². The van der Waals surface area contributed by atoms with Gasteiger partial charge in [-0.05, 0) is 52.3 Å². The Morgan fingerprint density at radius 1 is 1.11 bits per heavy atom. The Morgan fingerprint density at radius 3 is 2.47 bits per heavy atom. The van der Waals surface area contributed by atoms with Gasteiger partial charge in [0, 0.05) is 11.3 Å². The summed E-state index contributed by atoms with van der Waals surface area (Å²) in [4.78, 5) is 11.9. The van der Waals surface area contributed by atoms with Crippen molar-refractivity contribution in [2.45, 2.75) is 0 Å². The second kappa shape index (κ2) is 5.27. The second-order valence-corrected chi connectivity index (χ2v) is 4.64. The fourth-order valence-corrected chi connectivity index (χ4v) is 1.82. The van der Waals surface area contributed by atoms with Crippen LogP contribution < -0.4 is 5.32 Å². The minimum atomic E-state index is -0.478. The molecule has 0 aliphatic carbocycles. The Bertz CT molecular complexity index is 646. The van der Waals surface area contributed by atoms with E-state index in [1.54, 1.807) is 0 Å². The molecule has 0 unspecified atom stereocenters. The van der Waals surface area contributed by atoms with E-state index in [2.05, 4.69) is 21.2 Å². The highest BCUT2D eigenvalue weighted by Crippen LogP contribution is 2.26. The molecule has 0 aromatic heterocycles. The van der Waals surface area contributed by atoms with E-state index < -0.39 is 11.7 Å². The number of hydrogen-bond donors (Lipinski definition) is 3. The largest absolute Gasteiger partial charge is 0.504 e. The van der Waals surface area contributed by atoms with E-state index >= 15 is 0 Å². The molecule has 0 aliphatic heterocycles. The first-order valence-corrected chi connectivity index (χ1v) is 6.05. The summed E-state index contributed by atoms with van der Waals surface area (Å²) in [7, 11) is 0. The highest BCUT2D eigenvalue weighted by atomic mass is 79.9. The average molecular weight is 326 g/mol. The molecule has 3 N–H and O–H groups in total. The van der Waals surface area contributed by atoms with Crippen molar-refractivity contribution in [2.75, 3.05) is 5.32 Å². The summed E-state index contributed by atoms with van der Waals surface area (Å²) in [5.74, 6) is -1.59. The van der Waals surface area contributed by atoms with Gasteiger partial charge in [0.05, 0.1) is 4.47 Å². The zero-order chi connectivity index (χ0) is 14.0. The minimum Gasteiger partial charge on any atom is -0.504 e. The lowest BCUT2D eigenvalue weighted by molar-refractivity contribution is 0.102. The third-order valence-electron chi connectivity index (χ3n) is 2.42. The molecule has 0 radical (unpaired) electrons. The van der Waals surface area contributed by atoms with Gasteiger partial charge in [0.1, 0.15) is 5.82 Å². The van der Waals surface area contributed by atoms with Gasteiger partial charge in [-0.3, -0.25) is 4.79 Å². The number of aromatic hydroxyl groups is 2. The maximum absolute atomic E-state index is 13.0. The fourth-order valence-electron chi connectivity index (χ4n) is 1.44. The molecule has 4 nitrogen and oxygen atoms in total. The molecule has 2 rings (SSSR count). The van der Waals surface area contributed by atoms with Crippen molar-refractivity contribution in [3.63, 3.8) is 0 Å². The van der Waals surface area contributed by atoms with E-state index in [4.69, 9.17) is 5.11 Å². The van der Waals surface area contributed by atoms with E-state index in [0.29, 0.717) is 5.69 Å². The van der Waals surface area contributed by atoms with Crippen molar-refractivity contribution in [1.82, 2.24) is 0 Å². The minimum absolute atomic E-state index is 0.177. The number of benzene rings is 2. The van der Waals surface area contributed by atoms with Gasteiger partial charge in [-0.1, -0.05) is 0 Å². The van der Waals surface area contributed by atoms with Crippen molar-refractivity contribution < 1.29 is 19.4 Å². The maximum atomic E-state index is 13.0. The van der Waals surface area contributed by atoms with Crippen molar-refractivity contribution in [3.8, 4) is 11.5 Å². The zero-order valence-electron chi connectivity index (χ0n) is 9.52. The van der Waals surface area contributed by atoms with Crippen LogP contribution in [0.25, 0.3) is 0 Å². The van der Waals surface area contributed by atoms with Crippen molar-refractivity contribution in [3.05, 3.63) is 52.3 Å². The number of rotatable bonds is 2. The molecule has 6 heteroatoms. The van der Waals surface area contributed by atoms with Crippen LogP contribution in [0.2, 0.25) is 0 Å². The summed E-state index contributed by atoms with van der Waals surface area (Å²) >= 11 is 3.01. The Labute approximate surface area is 116 Å². The lowest BCUT2D eigenvalue weighted by Gasteiger charge is -2.07. The summed E-state index contributed by atoms with van der Waals surface area (Å²) in [6.07, 6.45) is 0. The fraction of sp³-hybridized carbons (Fsp3) is 0. The summed E-state index contributed by atoms with van der Waals surface area (Å²) in [6.45, 7) is 0. The number of nitrogens with one attached hydrogen (secondary N) is 1. The van der Waals surface area contributed by atoms with Crippen LogP contribution in [0.5, 0.6) is 11.5 Å². The number of hydrogen-bond acceptors (Lipinski definition) is 3. The predicted molar refractivity (Wildman–Crippen MR) is 71.8 cm³/mol. The molecule has 2 aromatic rings. The predicted octanol–water partition coefficient (Wildman–Crippen LogP) is 3.25. The van der Waals surface area contributed by atoms with Gasteiger partial charge in [-0.2, -0.15) is 0 Å². The quantitative estimate of drug-likeness (QED) is 0.742. The van der Waals surface area contributed by atoms with Crippen LogP contribution in [0.4, 0.5) is 10.1 Å². The third-order valence-corrected chi connectivity index (χ3v) is 3.02. The lowest BCUT2D eigenvalue weighted by atomic mass is 10.2. The molecule has 0 aliphatic rings. The Morgan fingerprint density at radius 2 is 1.84 bits per heavy atom. The van der Waals surface area contributed by atoms with Gasteiger partial charge in [-0.15, -0.1) is 0 Å². The highest BCUT2D eigenvalue weighted by Gasteiger charge is 2.10. The van der Waals surface area contributed by atoms with Gasteiger partial charge < -0.3 is 15.5 Å². The van der Waals surface area contributed by atoms with E-state index in [9.17, 15) is 14.3 Å². The SMILES string of the molecule is O=C(Nc1ccc(F)c(Br)c1)c1ccc(O)c(O)c1. The first-order chi connectivity index (χ1) is 8.97. The molecule has 0 bridgehead atoms. The van der Waals surface area contributed by atoms with E-state index in [-0.39, 0.29) is 21.5 Å². The standard InChI is InChI=1S/C13H9BrFNO3/c14-9-6-8(2-3-10(9)15)16-13(19)7-1-4-11(17)12(18)5-7/h1-6,17-18H,(H,16,19). The molecule has 0 atom stereocenters. The lowest BCUT2D eigenvalue weighted by Crippen LogP contribution is -2.11. The van der Waals surface area contributed by atoms with Crippen LogP contribution in [0.1, 0.15) is 10.4 Å². The van der Waals surface area contributed by atoms with E-state index in [0.717, 1.165) is 6.07 Å². The smallest absolute Gasteiger partial charge is 0.255 e. The first-order valence-electron chi connectivity index (χ1n) is 5.26. The molecular formula is C13H9BrFNO3. The zero-order valence-corrected chi connectivity index (χ0v) is 11.1. The van der Waals surface area contributed by atoms with Gasteiger partial charge in [0.2, 0.25) is 0 Å². The Hall–Kier alpha value is -2.08. The van der Waals surface area contributed by atoms with Crippen LogP contribution in [0.3, 0.4) is 0 Å². The van der Waals surface area contributed by atoms with Crippen molar-refractivity contribution >= 4 is 27.5 Å². The average Bonchev–Trinajstić information content (AvgIpc) is 2.37. The molecule has 98 valence electrons. The summed E-state index contributed by atoms with van der Waals surface area (Å²) in [5.41, 5.74) is 0.585. The number of amides is 1. The van der Waals surface area contributed by atoms with Crippen LogP contribution in [0.15, 0.2) is 40.9 Å². The number of phenolic OH excluding ortho intramolecular Hbond substituents is 2. The topological polar surface area (TPSA) is 69.6 Å². The number of carbonyl (C=O) groups is 1. The number of phenols is 2. The molecule has 2 aromatic carbocycles. The second-order valence-electron chi connectivity index (χ2n) is 3.79. The van der Waals surface area contributed by atoms with Gasteiger partial charge in [-0.25, -0.2) is 4.39 Å². The molecule has 0 saturated carbocycles. The molecule has 0 heterocycles. The Balaban J connectivity index is 2.20.